The Balaban J connectivity index is 3.72. The first-order chi connectivity index (χ1) is 4.09. The molecule has 0 spiro atoms. The molecular formula is C6H13NS2. The smallest absolute Gasteiger partial charge is 0.136 e. The molecule has 0 aromatic heterocycles. The highest BCUT2D eigenvalue weighted by Crippen LogP contribution is 2.05. The molecule has 3 heteroatoms. The number of nitrogens with zero attached hydrogens (tertiary/aromatic N) is 1. The fraction of sp³-hybridized carbons (Fsp3) is 0.833. The van der Waals surface area contributed by atoms with E-state index in [1.54, 1.807) is 11.8 Å². The van der Waals surface area contributed by atoms with Gasteiger partial charge in [-0.15, -0.1) is 11.8 Å². The molecule has 0 fully saturated rings. The third-order valence-corrected chi connectivity index (χ3v) is 2.66. The third kappa shape index (κ3) is 3.06. The SMILES string of the molecule is CSC(=S)N(C)C(C)C. The standard InChI is InChI=1S/C6H13NS2/c1-5(2)7(3)6(8)9-4/h5H,1-4H3. The second kappa shape index (κ2) is 4.12. The van der Waals surface area contributed by atoms with Crippen LogP contribution in [0, 0.1) is 0 Å². The second-order valence-corrected chi connectivity index (χ2v) is 3.61. The van der Waals surface area contributed by atoms with Gasteiger partial charge in [0, 0.05) is 13.1 Å². The second-order valence-electron chi connectivity index (χ2n) is 2.17. The normalized spacial score (nSPS) is 9.89. The molecule has 54 valence electrons. The zero-order valence-electron chi connectivity index (χ0n) is 6.34. The monoisotopic (exact) mass is 163 g/mol. The molecule has 0 aromatic rings. The molecule has 0 aliphatic rings. The summed E-state index contributed by atoms with van der Waals surface area (Å²) in [5.41, 5.74) is 0. The van der Waals surface area contributed by atoms with Gasteiger partial charge in [0.25, 0.3) is 0 Å². The van der Waals surface area contributed by atoms with Crippen LogP contribution in [0.4, 0.5) is 0 Å². The maximum absolute atomic E-state index is 5.04. The average Bonchev–Trinajstić information content (AvgIpc) is 1.84. The first-order valence-corrected chi connectivity index (χ1v) is 4.53. The summed E-state index contributed by atoms with van der Waals surface area (Å²) < 4.78 is 0.963. The van der Waals surface area contributed by atoms with Crippen molar-refractivity contribution in [2.24, 2.45) is 0 Å². The van der Waals surface area contributed by atoms with Gasteiger partial charge in [-0.1, -0.05) is 12.2 Å². The summed E-state index contributed by atoms with van der Waals surface area (Å²) in [6.07, 6.45) is 2.00. The maximum Gasteiger partial charge on any atom is 0.136 e. The molecular weight excluding hydrogens is 150 g/mol. The summed E-state index contributed by atoms with van der Waals surface area (Å²) in [6.45, 7) is 4.26. The number of hydrogen-bond acceptors (Lipinski definition) is 2. The van der Waals surface area contributed by atoms with Crippen LogP contribution in [0.1, 0.15) is 13.8 Å². The predicted molar refractivity (Wildman–Crippen MR) is 49.0 cm³/mol. The highest BCUT2D eigenvalue weighted by Gasteiger charge is 2.04. The van der Waals surface area contributed by atoms with Crippen molar-refractivity contribution in [1.29, 1.82) is 0 Å². The lowest BCUT2D eigenvalue weighted by atomic mass is 10.4. The van der Waals surface area contributed by atoms with Gasteiger partial charge in [-0.25, -0.2) is 0 Å². The van der Waals surface area contributed by atoms with Crippen LogP contribution in [0.5, 0.6) is 0 Å². The van der Waals surface area contributed by atoms with Crippen LogP contribution in [0.25, 0.3) is 0 Å². The Bertz CT molecular complexity index is 101. The van der Waals surface area contributed by atoms with E-state index in [1.165, 1.54) is 0 Å². The molecule has 0 saturated carbocycles. The molecule has 0 radical (unpaired) electrons. The fourth-order valence-corrected chi connectivity index (χ4v) is 1.06. The van der Waals surface area contributed by atoms with E-state index < -0.39 is 0 Å². The van der Waals surface area contributed by atoms with Gasteiger partial charge < -0.3 is 4.90 Å². The molecule has 9 heavy (non-hydrogen) atoms. The number of hydrogen-bond donors (Lipinski definition) is 0. The van der Waals surface area contributed by atoms with Gasteiger partial charge in [0.1, 0.15) is 4.32 Å². The topological polar surface area (TPSA) is 3.24 Å². The van der Waals surface area contributed by atoms with Crippen molar-refractivity contribution in [1.82, 2.24) is 4.90 Å². The van der Waals surface area contributed by atoms with Crippen molar-refractivity contribution in [2.75, 3.05) is 13.3 Å². The van der Waals surface area contributed by atoms with Crippen LogP contribution in [0.2, 0.25) is 0 Å². The highest BCUT2D eigenvalue weighted by atomic mass is 32.2. The van der Waals surface area contributed by atoms with Gasteiger partial charge >= 0.3 is 0 Å². The fourth-order valence-electron chi connectivity index (χ4n) is 0.355. The predicted octanol–water partition coefficient (Wildman–Crippen LogP) is 1.97. The van der Waals surface area contributed by atoms with Crippen molar-refractivity contribution in [2.45, 2.75) is 19.9 Å². The minimum absolute atomic E-state index is 0.518. The first-order valence-electron chi connectivity index (χ1n) is 2.90. The molecule has 0 aromatic carbocycles. The molecule has 0 unspecified atom stereocenters. The maximum atomic E-state index is 5.04. The minimum Gasteiger partial charge on any atom is -0.358 e. The summed E-state index contributed by atoms with van der Waals surface area (Å²) >= 11 is 6.66. The Morgan fingerprint density at radius 3 is 2.11 bits per heavy atom. The van der Waals surface area contributed by atoms with E-state index in [4.69, 9.17) is 12.2 Å². The van der Waals surface area contributed by atoms with Crippen molar-refractivity contribution < 1.29 is 0 Å². The van der Waals surface area contributed by atoms with Crippen molar-refractivity contribution in [3.8, 4) is 0 Å². The van der Waals surface area contributed by atoms with Crippen LogP contribution in [-0.4, -0.2) is 28.6 Å². The van der Waals surface area contributed by atoms with Crippen molar-refractivity contribution in [3.63, 3.8) is 0 Å². The van der Waals surface area contributed by atoms with E-state index in [-0.39, 0.29) is 0 Å². The molecule has 0 atom stereocenters. The third-order valence-electron chi connectivity index (χ3n) is 1.24. The summed E-state index contributed by atoms with van der Waals surface area (Å²) in [5, 5.41) is 0. The lowest BCUT2D eigenvalue weighted by molar-refractivity contribution is 0.431. The van der Waals surface area contributed by atoms with Gasteiger partial charge in [-0.05, 0) is 20.1 Å². The van der Waals surface area contributed by atoms with E-state index in [9.17, 15) is 0 Å². The van der Waals surface area contributed by atoms with Crippen LogP contribution < -0.4 is 0 Å². The molecule has 0 N–H and O–H groups in total. The van der Waals surface area contributed by atoms with Gasteiger partial charge in [0.15, 0.2) is 0 Å². The first kappa shape index (κ1) is 9.24. The Morgan fingerprint density at radius 2 is 2.00 bits per heavy atom. The van der Waals surface area contributed by atoms with E-state index >= 15 is 0 Å². The molecule has 0 heterocycles. The molecule has 0 rings (SSSR count). The van der Waals surface area contributed by atoms with Crippen LogP contribution in [-0.2, 0) is 0 Å². The van der Waals surface area contributed by atoms with E-state index in [0.717, 1.165) is 4.32 Å². The molecule has 0 aliphatic carbocycles. The summed E-state index contributed by atoms with van der Waals surface area (Å²) in [5.74, 6) is 0. The zero-order chi connectivity index (χ0) is 7.44. The van der Waals surface area contributed by atoms with Gasteiger partial charge in [-0.3, -0.25) is 0 Å². The highest BCUT2D eigenvalue weighted by molar-refractivity contribution is 8.22. The van der Waals surface area contributed by atoms with Crippen LogP contribution >= 0.6 is 24.0 Å². The average molecular weight is 163 g/mol. The number of thiocarbonyl (C=S) groups is 1. The Kier molecular flexibility index (Phi) is 4.23. The number of thioether (sulfide) groups is 1. The van der Waals surface area contributed by atoms with Gasteiger partial charge in [0.05, 0.1) is 0 Å². The quantitative estimate of drug-likeness (QED) is 0.544. The Labute approximate surface area is 66.8 Å². The zero-order valence-corrected chi connectivity index (χ0v) is 7.97. The van der Waals surface area contributed by atoms with Crippen molar-refractivity contribution >= 4 is 28.3 Å². The van der Waals surface area contributed by atoms with E-state index in [2.05, 4.69) is 18.7 Å². The lowest BCUT2D eigenvalue weighted by Crippen LogP contribution is -2.29. The summed E-state index contributed by atoms with van der Waals surface area (Å²) in [7, 11) is 2.02. The minimum atomic E-state index is 0.518. The summed E-state index contributed by atoms with van der Waals surface area (Å²) in [4.78, 5) is 2.08. The van der Waals surface area contributed by atoms with Crippen LogP contribution in [0.3, 0.4) is 0 Å². The Hall–Kier alpha value is 0.240. The summed E-state index contributed by atoms with van der Waals surface area (Å²) in [6, 6.07) is 0.518. The molecule has 0 bridgehead atoms. The molecule has 0 aliphatic heterocycles. The van der Waals surface area contributed by atoms with Gasteiger partial charge in [0.2, 0.25) is 0 Å². The van der Waals surface area contributed by atoms with Crippen LogP contribution in [0.15, 0.2) is 0 Å². The van der Waals surface area contributed by atoms with E-state index in [1.807, 2.05) is 13.3 Å². The molecule has 0 amide bonds. The largest absolute Gasteiger partial charge is 0.358 e. The van der Waals surface area contributed by atoms with Gasteiger partial charge in [-0.2, -0.15) is 0 Å². The number of rotatable bonds is 1. The van der Waals surface area contributed by atoms with Crippen molar-refractivity contribution in [3.05, 3.63) is 0 Å². The lowest BCUT2D eigenvalue weighted by Gasteiger charge is -2.22. The molecule has 0 saturated heterocycles. The Morgan fingerprint density at radius 1 is 1.56 bits per heavy atom. The van der Waals surface area contributed by atoms with E-state index in [0.29, 0.717) is 6.04 Å². The molecule has 1 nitrogen and oxygen atoms in total.